The lowest BCUT2D eigenvalue weighted by Gasteiger charge is -2.43. The molecule has 0 bridgehead atoms. The van der Waals surface area contributed by atoms with Crippen LogP contribution >= 0.6 is 0 Å². The van der Waals surface area contributed by atoms with Gasteiger partial charge >= 0.3 is 0 Å². The van der Waals surface area contributed by atoms with E-state index in [0.717, 1.165) is 12.8 Å². The number of hydrogen-bond donors (Lipinski definition) is 1. The Kier molecular flexibility index (Phi) is 3.36. The standard InChI is InChI=1S/C11H22O2/c1-8(2)10-6-5-9(3)7-11(10,12)13-4/h8-10,12H,5-7H2,1-4H3. The molecule has 0 saturated heterocycles. The molecule has 0 radical (unpaired) electrons. The van der Waals surface area contributed by atoms with E-state index in [0.29, 0.717) is 17.8 Å². The molecule has 1 rings (SSSR count). The van der Waals surface area contributed by atoms with Crippen LogP contribution < -0.4 is 0 Å². The Morgan fingerprint density at radius 3 is 2.46 bits per heavy atom. The van der Waals surface area contributed by atoms with Gasteiger partial charge in [-0.2, -0.15) is 0 Å². The zero-order chi connectivity index (χ0) is 10.1. The molecule has 3 unspecified atom stereocenters. The Balaban J connectivity index is 2.72. The molecule has 1 aliphatic rings. The predicted octanol–water partition coefficient (Wildman–Crippen LogP) is 2.41. The van der Waals surface area contributed by atoms with Crippen LogP contribution in [0.4, 0.5) is 0 Å². The van der Waals surface area contributed by atoms with Crippen LogP contribution in [0.25, 0.3) is 0 Å². The zero-order valence-electron chi connectivity index (χ0n) is 9.21. The van der Waals surface area contributed by atoms with E-state index in [9.17, 15) is 5.11 Å². The van der Waals surface area contributed by atoms with Crippen molar-refractivity contribution in [3.8, 4) is 0 Å². The molecule has 1 N–H and O–H groups in total. The summed E-state index contributed by atoms with van der Waals surface area (Å²) in [5.41, 5.74) is 0. The molecule has 2 heteroatoms. The summed E-state index contributed by atoms with van der Waals surface area (Å²) in [4.78, 5) is 0. The predicted molar refractivity (Wildman–Crippen MR) is 53.3 cm³/mol. The van der Waals surface area contributed by atoms with Gasteiger partial charge in [-0.15, -0.1) is 0 Å². The summed E-state index contributed by atoms with van der Waals surface area (Å²) in [5, 5.41) is 10.3. The fourth-order valence-corrected chi connectivity index (χ4v) is 2.53. The van der Waals surface area contributed by atoms with Gasteiger partial charge in [0.15, 0.2) is 5.79 Å². The second-order valence-corrected chi connectivity index (χ2v) is 4.79. The van der Waals surface area contributed by atoms with Crippen molar-refractivity contribution in [2.45, 2.75) is 45.8 Å². The largest absolute Gasteiger partial charge is 0.365 e. The summed E-state index contributed by atoms with van der Waals surface area (Å²) < 4.78 is 5.28. The van der Waals surface area contributed by atoms with Crippen LogP contribution in [0.2, 0.25) is 0 Å². The molecule has 0 amide bonds. The van der Waals surface area contributed by atoms with Crippen molar-refractivity contribution in [1.29, 1.82) is 0 Å². The van der Waals surface area contributed by atoms with Crippen LogP contribution in [0, 0.1) is 17.8 Å². The second-order valence-electron chi connectivity index (χ2n) is 4.79. The molecule has 3 atom stereocenters. The summed E-state index contributed by atoms with van der Waals surface area (Å²) in [6.45, 7) is 6.50. The van der Waals surface area contributed by atoms with Gasteiger partial charge in [0.25, 0.3) is 0 Å². The SMILES string of the molecule is COC1(O)CC(C)CCC1C(C)C. The molecule has 1 aliphatic carbocycles. The first-order valence-corrected chi connectivity index (χ1v) is 5.27. The lowest BCUT2D eigenvalue weighted by Crippen LogP contribution is -2.46. The van der Waals surface area contributed by atoms with E-state index in [1.54, 1.807) is 7.11 Å². The third-order valence-electron chi connectivity index (χ3n) is 3.35. The molecule has 0 aromatic rings. The van der Waals surface area contributed by atoms with E-state index in [-0.39, 0.29) is 0 Å². The van der Waals surface area contributed by atoms with Crippen molar-refractivity contribution in [1.82, 2.24) is 0 Å². The molecule has 1 saturated carbocycles. The van der Waals surface area contributed by atoms with E-state index in [4.69, 9.17) is 4.74 Å². The van der Waals surface area contributed by atoms with Crippen molar-refractivity contribution in [3.05, 3.63) is 0 Å². The topological polar surface area (TPSA) is 29.5 Å². The normalized spacial score (nSPS) is 41.1. The highest BCUT2D eigenvalue weighted by atomic mass is 16.6. The van der Waals surface area contributed by atoms with Gasteiger partial charge < -0.3 is 9.84 Å². The molecule has 13 heavy (non-hydrogen) atoms. The van der Waals surface area contributed by atoms with Crippen molar-refractivity contribution < 1.29 is 9.84 Å². The lowest BCUT2D eigenvalue weighted by atomic mass is 9.73. The highest BCUT2D eigenvalue weighted by Crippen LogP contribution is 2.41. The maximum absolute atomic E-state index is 10.3. The highest BCUT2D eigenvalue weighted by Gasteiger charge is 2.42. The van der Waals surface area contributed by atoms with E-state index < -0.39 is 5.79 Å². The first-order valence-electron chi connectivity index (χ1n) is 5.27. The van der Waals surface area contributed by atoms with Crippen LogP contribution in [0.1, 0.15) is 40.0 Å². The Morgan fingerprint density at radius 2 is 2.00 bits per heavy atom. The third kappa shape index (κ3) is 2.23. The van der Waals surface area contributed by atoms with Gasteiger partial charge in [-0.1, -0.05) is 27.2 Å². The Morgan fingerprint density at radius 1 is 1.38 bits per heavy atom. The van der Waals surface area contributed by atoms with Crippen LogP contribution in [0.15, 0.2) is 0 Å². The second kappa shape index (κ2) is 3.97. The fraction of sp³-hybridized carbons (Fsp3) is 1.00. The lowest BCUT2D eigenvalue weighted by molar-refractivity contribution is -0.252. The number of aliphatic hydroxyl groups is 1. The molecular weight excluding hydrogens is 164 g/mol. The van der Waals surface area contributed by atoms with Crippen LogP contribution in [0.3, 0.4) is 0 Å². The summed E-state index contributed by atoms with van der Waals surface area (Å²) in [6.07, 6.45) is 3.09. The summed E-state index contributed by atoms with van der Waals surface area (Å²) >= 11 is 0. The Labute approximate surface area is 81.3 Å². The minimum absolute atomic E-state index is 0.300. The van der Waals surface area contributed by atoms with Crippen molar-refractivity contribution in [2.24, 2.45) is 17.8 Å². The molecule has 78 valence electrons. The molecule has 0 spiro atoms. The molecule has 0 heterocycles. The van der Waals surface area contributed by atoms with Gasteiger partial charge in [0.1, 0.15) is 0 Å². The minimum Gasteiger partial charge on any atom is -0.365 e. The van der Waals surface area contributed by atoms with Crippen molar-refractivity contribution in [3.63, 3.8) is 0 Å². The Bertz CT molecular complexity index is 167. The molecule has 0 aromatic heterocycles. The monoisotopic (exact) mass is 186 g/mol. The maximum Gasteiger partial charge on any atom is 0.168 e. The van der Waals surface area contributed by atoms with Crippen molar-refractivity contribution >= 4 is 0 Å². The molecular formula is C11H22O2. The number of ether oxygens (including phenoxy) is 1. The summed E-state index contributed by atoms with van der Waals surface area (Å²) in [6, 6.07) is 0. The average Bonchev–Trinajstić information content (AvgIpc) is 2.03. The minimum atomic E-state index is -0.869. The molecule has 0 aromatic carbocycles. The van der Waals surface area contributed by atoms with Crippen LogP contribution in [-0.2, 0) is 4.74 Å². The Hall–Kier alpha value is -0.0800. The maximum atomic E-state index is 10.3. The van der Waals surface area contributed by atoms with Gasteiger partial charge in [-0.3, -0.25) is 0 Å². The third-order valence-corrected chi connectivity index (χ3v) is 3.35. The van der Waals surface area contributed by atoms with Gasteiger partial charge in [0.2, 0.25) is 0 Å². The average molecular weight is 186 g/mol. The van der Waals surface area contributed by atoms with Gasteiger partial charge in [-0.05, 0) is 18.3 Å². The van der Waals surface area contributed by atoms with Gasteiger partial charge in [0, 0.05) is 19.4 Å². The number of rotatable bonds is 2. The van der Waals surface area contributed by atoms with Crippen LogP contribution in [0.5, 0.6) is 0 Å². The van der Waals surface area contributed by atoms with Crippen LogP contribution in [-0.4, -0.2) is 18.0 Å². The number of hydrogen-bond acceptors (Lipinski definition) is 2. The quantitative estimate of drug-likeness (QED) is 0.671. The van der Waals surface area contributed by atoms with E-state index in [2.05, 4.69) is 20.8 Å². The van der Waals surface area contributed by atoms with Gasteiger partial charge in [0.05, 0.1) is 0 Å². The van der Waals surface area contributed by atoms with E-state index >= 15 is 0 Å². The fourth-order valence-electron chi connectivity index (χ4n) is 2.53. The zero-order valence-corrected chi connectivity index (χ0v) is 9.21. The summed E-state index contributed by atoms with van der Waals surface area (Å²) in [5.74, 6) is 0.511. The van der Waals surface area contributed by atoms with Gasteiger partial charge in [-0.25, -0.2) is 0 Å². The smallest absolute Gasteiger partial charge is 0.168 e. The molecule has 0 aliphatic heterocycles. The molecule has 1 fully saturated rings. The first kappa shape index (κ1) is 11.0. The van der Waals surface area contributed by atoms with Crippen molar-refractivity contribution in [2.75, 3.05) is 7.11 Å². The first-order chi connectivity index (χ1) is 5.99. The summed E-state index contributed by atoms with van der Waals surface area (Å²) in [7, 11) is 1.62. The highest BCUT2D eigenvalue weighted by molar-refractivity contribution is 4.86. The number of methoxy groups -OCH3 is 1. The van der Waals surface area contributed by atoms with E-state index in [1.807, 2.05) is 0 Å². The van der Waals surface area contributed by atoms with E-state index in [1.165, 1.54) is 6.42 Å². The molecule has 2 nitrogen and oxygen atoms in total.